The SMILES string of the molecule is CCn1c(-c2cccnc2[C@H](C)OC)c2c3cc(ccc31)-c1csc(n1)C[C@H](NC(=O)N(C)CCC(F)(F)F)C(=O)N1CCC[C@H](N1)C(=O)OCC(C)(C)C2. The molecule has 0 radical (unpaired) electrons. The molecule has 6 bridgehead atoms. The van der Waals surface area contributed by atoms with Gasteiger partial charge < -0.3 is 24.3 Å². The number of ether oxygens (including phenoxy) is 2. The highest BCUT2D eigenvalue weighted by molar-refractivity contribution is 7.10. The van der Waals surface area contributed by atoms with E-state index in [1.165, 1.54) is 23.4 Å². The van der Waals surface area contributed by atoms with Crippen LogP contribution in [0.5, 0.6) is 0 Å². The van der Waals surface area contributed by atoms with Crippen molar-refractivity contribution in [2.75, 3.05) is 33.9 Å². The highest BCUT2D eigenvalue weighted by atomic mass is 32.1. The number of hydrogen-bond acceptors (Lipinski definition) is 9. The monoisotopic (exact) mass is 783 g/mol. The van der Waals surface area contributed by atoms with Gasteiger partial charge in [-0.25, -0.2) is 15.2 Å². The van der Waals surface area contributed by atoms with Crippen molar-refractivity contribution in [3.63, 3.8) is 0 Å². The van der Waals surface area contributed by atoms with E-state index in [0.29, 0.717) is 36.5 Å². The molecule has 0 spiro atoms. The summed E-state index contributed by atoms with van der Waals surface area (Å²) in [6.07, 6.45) is -2.70. The number of cyclic esters (lactones) is 1. The zero-order valence-corrected chi connectivity index (χ0v) is 32.8. The number of hydrazine groups is 1. The van der Waals surface area contributed by atoms with E-state index >= 15 is 0 Å². The third kappa shape index (κ3) is 8.97. The summed E-state index contributed by atoms with van der Waals surface area (Å²) in [6, 6.07) is 7.34. The van der Waals surface area contributed by atoms with Crippen LogP contribution in [0.3, 0.4) is 0 Å². The lowest BCUT2D eigenvalue weighted by molar-refractivity contribution is -0.155. The van der Waals surface area contributed by atoms with Gasteiger partial charge in [0, 0.05) is 79.2 Å². The minimum absolute atomic E-state index is 0.0187. The Labute approximate surface area is 322 Å². The summed E-state index contributed by atoms with van der Waals surface area (Å²) in [7, 11) is 2.91. The van der Waals surface area contributed by atoms with Crippen molar-refractivity contribution in [3.8, 4) is 22.5 Å². The van der Waals surface area contributed by atoms with Gasteiger partial charge in [0.25, 0.3) is 5.91 Å². The van der Waals surface area contributed by atoms with E-state index < -0.39 is 54.5 Å². The Morgan fingerprint density at radius 3 is 2.76 bits per heavy atom. The van der Waals surface area contributed by atoms with Crippen molar-refractivity contribution in [3.05, 3.63) is 58.2 Å². The Hall–Kier alpha value is -4.54. The van der Waals surface area contributed by atoms with Gasteiger partial charge in [0.2, 0.25) is 0 Å². The number of alkyl halides is 3. The van der Waals surface area contributed by atoms with Gasteiger partial charge in [-0.2, -0.15) is 13.2 Å². The molecule has 0 saturated carbocycles. The van der Waals surface area contributed by atoms with E-state index in [1.807, 2.05) is 24.4 Å². The van der Waals surface area contributed by atoms with Crippen LogP contribution in [0.2, 0.25) is 0 Å². The molecule has 3 atom stereocenters. The molecule has 2 aliphatic rings. The predicted molar refractivity (Wildman–Crippen MR) is 203 cm³/mol. The van der Waals surface area contributed by atoms with Crippen molar-refractivity contribution in [2.45, 2.75) is 90.7 Å². The first-order chi connectivity index (χ1) is 26.1. The van der Waals surface area contributed by atoms with Crippen LogP contribution in [-0.4, -0.2) is 94.5 Å². The molecule has 5 heterocycles. The molecule has 12 nitrogen and oxygen atoms in total. The summed E-state index contributed by atoms with van der Waals surface area (Å²) >= 11 is 1.32. The minimum atomic E-state index is -4.45. The van der Waals surface area contributed by atoms with Crippen LogP contribution in [0.25, 0.3) is 33.4 Å². The number of esters is 1. The Morgan fingerprint density at radius 1 is 1.25 bits per heavy atom. The van der Waals surface area contributed by atoms with E-state index in [0.717, 1.165) is 43.9 Å². The molecule has 4 aromatic rings. The molecule has 0 unspecified atom stereocenters. The lowest BCUT2D eigenvalue weighted by Crippen LogP contribution is -2.61. The molecule has 1 saturated heterocycles. The van der Waals surface area contributed by atoms with Gasteiger partial charge in [0.1, 0.15) is 12.1 Å². The van der Waals surface area contributed by atoms with Gasteiger partial charge in [-0.05, 0) is 62.9 Å². The molecular weight excluding hydrogens is 736 g/mol. The maximum Gasteiger partial charge on any atom is 0.390 e. The second-order valence-electron chi connectivity index (χ2n) is 15.0. The molecule has 2 aliphatic heterocycles. The number of nitrogens with one attached hydrogen (secondary N) is 2. The van der Waals surface area contributed by atoms with E-state index in [4.69, 9.17) is 19.4 Å². The van der Waals surface area contributed by atoms with Crippen molar-refractivity contribution in [2.24, 2.45) is 5.41 Å². The van der Waals surface area contributed by atoms with Crippen LogP contribution < -0.4 is 10.7 Å². The fourth-order valence-corrected chi connectivity index (χ4v) is 8.07. The number of nitrogens with zero attached hydrogens (tertiary/aromatic N) is 5. The molecule has 3 amide bonds. The van der Waals surface area contributed by atoms with Crippen LogP contribution >= 0.6 is 11.3 Å². The summed E-state index contributed by atoms with van der Waals surface area (Å²) < 4.78 is 52.8. The predicted octanol–water partition coefficient (Wildman–Crippen LogP) is 6.68. The first kappa shape index (κ1) is 40.1. The summed E-state index contributed by atoms with van der Waals surface area (Å²) in [5, 5.41) is 7.38. The highest BCUT2D eigenvalue weighted by Gasteiger charge is 2.36. The smallest absolute Gasteiger partial charge is 0.390 e. The molecule has 0 aliphatic carbocycles. The van der Waals surface area contributed by atoms with Crippen LogP contribution in [0.4, 0.5) is 18.0 Å². The molecule has 2 N–H and O–H groups in total. The topological polar surface area (TPSA) is 131 Å². The number of aromatic nitrogens is 3. The number of amides is 3. The maximum absolute atomic E-state index is 14.0. The first-order valence-corrected chi connectivity index (χ1v) is 19.4. The van der Waals surface area contributed by atoms with Crippen LogP contribution in [0.15, 0.2) is 41.9 Å². The van der Waals surface area contributed by atoms with Crippen LogP contribution in [0, 0.1) is 5.41 Å². The van der Waals surface area contributed by atoms with Gasteiger partial charge in [-0.15, -0.1) is 11.3 Å². The number of methoxy groups -OCH3 is 1. The fraction of sp³-hybridized carbons (Fsp3) is 0.513. The van der Waals surface area contributed by atoms with Crippen molar-refractivity contribution in [1.29, 1.82) is 0 Å². The summed E-state index contributed by atoms with van der Waals surface area (Å²) in [6.45, 7) is 8.63. The Kier molecular flexibility index (Phi) is 11.9. The molecule has 16 heteroatoms. The zero-order chi connectivity index (χ0) is 39.7. The summed E-state index contributed by atoms with van der Waals surface area (Å²) in [4.78, 5) is 51.3. The lowest BCUT2D eigenvalue weighted by Gasteiger charge is -2.35. The Morgan fingerprint density at radius 2 is 2.04 bits per heavy atom. The van der Waals surface area contributed by atoms with Crippen molar-refractivity contribution < 1.29 is 37.0 Å². The van der Waals surface area contributed by atoms with Crippen LogP contribution in [0.1, 0.15) is 69.3 Å². The summed E-state index contributed by atoms with van der Waals surface area (Å²) in [5.41, 5.74) is 8.85. The van der Waals surface area contributed by atoms with Gasteiger partial charge in [0.15, 0.2) is 0 Å². The zero-order valence-electron chi connectivity index (χ0n) is 32.0. The van der Waals surface area contributed by atoms with E-state index in [1.54, 1.807) is 13.3 Å². The maximum atomic E-state index is 14.0. The number of aryl methyl sites for hydroxylation is 1. The second-order valence-corrected chi connectivity index (χ2v) is 15.9. The molecule has 3 aromatic heterocycles. The molecule has 6 rings (SSSR count). The van der Waals surface area contributed by atoms with E-state index in [2.05, 4.69) is 54.3 Å². The number of halogens is 3. The number of carbonyl (C=O) groups is 3. The molecule has 1 aromatic carbocycles. The first-order valence-electron chi connectivity index (χ1n) is 18.5. The molecule has 55 heavy (non-hydrogen) atoms. The Balaban J connectivity index is 1.45. The standard InChI is InChI=1S/C39H48F3N7O5S/c1-7-48-31-13-12-24-18-26(31)27(34(48)25-10-8-15-43-33(25)23(2)53-6)20-38(3,4)22-54-36(51)28-11-9-16-49(46-28)35(50)29(19-32-44-30(24)21-55-32)45-37(52)47(5)17-14-39(40,41)42/h8,10,12-13,15,18,21,23,28-29,46H,7,9,11,14,16-17,19-20,22H2,1-6H3,(H,45,52)/t23-,28-,29-/m0/s1. The van der Waals surface area contributed by atoms with Crippen molar-refractivity contribution >= 4 is 40.1 Å². The third-order valence-electron chi connectivity index (χ3n) is 10.2. The van der Waals surface area contributed by atoms with E-state index in [-0.39, 0.29) is 25.7 Å². The number of fused-ring (bicyclic) bond motifs is 6. The van der Waals surface area contributed by atoms with Crippen LogP contribution in [-0.2, 0) is 38.4 Å². The van der Waals surface area contributed by atoms with E-state index in [9.17, 15) is 27.6 Å². The minimum Gasteiger partial charge on any atom is -0.464 e. The largest absolute Gasteiger partial charge is 0.464 e. The highest BCUT2D eigenvalue weighted by Crippen LogP contribution is 2.42. The lowest BCUT2D eigenvalue weighted by atomic mass is 9.84. The second kappa shape index (κ2) is 16.3. The number of rotatable bonds is 7. The van der Waals surface area contributed by atoms with Crippen molar-refractivity contribution in [1.82, 2.24) is 35.2 Å². The van der Waals surface area contributed by atoms with Gasteiger partial charge in [-0.3, -0.25) is 19.6 Å². The number of urea groups is 1. The third-order valence-corrected chi connectivity index (χ3v) is 11.1. The Bertz CT molecular complexity index is 2050. The average molecular weight is 784 g/mol. The number of hydrogen-bond donors (Lipinski definition) is 2. The van der Waals surface area contributed by atoms with Gasteiger partial charge >= 0.3 is 18.2 Å². The van der Waals surface area contributed by atoms with Gasteiger partial charge in [-0.1, -0.05) is 19.9 Å². The number of carbonyl (C=O) groups excluding carboxylic acids is 3. The van der Waals surface area contributed by atoms with Gasteiger partial charge in [0.05, 0.1) is 41.2 Å². The molecule has 1 fully saturated rings. The fourth-order valence-electron chi connectivity index (χ4n) is 7.22. The molecule has 296 valence electrons. The number of pyridine rings is 1. The molecular formula is C39H48F3N7O5S. The average Bonchev–Trinajstić information content (AvgIpc) is 3.76. The number of thiazole rings is 1. The normalized spacial score (nSPS) is 19.8. The quantitative estimate of drug-likeness (QED) is 0.199. The number of benzene rings is 1. The summed E-state index contributed by atoms with van der Waals surface area (Å²) in [5.74, 6) is -1.05.